The average molecular weight is 731 g/mol. The van der Waals surface area contributed by atoms with Crippen LogP contribution in [0.3, 0.4) is 0 Å². The lowest BCUT2D eigenvalue weighted by Crippen LogP contribution is -2.65. The second-order valence-corrected chi connectivity index (χ2v) is 17.2. The number of carbonyl (C=O) groups is 1. The number of likely N-dealkylation sites (N-methyl/N-ethyl adjacent to an activating group) is 1. The summed E-state index contributed by atoms with van der Waals surface area (Å²) >= 11 is 0. The SMILES string of the molecule is CC[C@H]1OC(=O)[C@H](C)[C@H]2O[C@H]3C[C@@](C)(OC[C@@H]2[C@@H](O[C@@H]2O[C@H](C)C[C@H](N(C)C)[C@H]2O)[C@](C)(O)C[C@@H](C)CN[C@H](C)[C@@H](O)[C@]1(C)O)[C@]1(CO1)[C@H](C)O3. The lowest BCUT2D eigenvalue weighted by Gasteiger charge is -2.53. The maximum absolute atomic E-state index is 14.2. The minimum atomic E-state index is -1.78. The molecule has 5 saturated heterocycles. The number of aliphatic hydroxyl groups is 4. The van der Waals surface area contributed by atoms with Gasteiger partial charge in [-0.3, -0.25) is 4.79 Å². The highest BCUT2D eigenvalue weighted by Crippen LogP contribution is 2.53. The fourth-order valence-electron chi connectivity index (χ4n) is 9.18. The number of fused-ring (bicyclic) bond motifs is 4. The number of nitrogens with zero attached hydrogens (tertiary/aromatic N) is 1. The topological polar surface area (TPSA) is 181 Å². The maximum atomic E-state index is 14.2. The minimum Gasteiger partial charge on any atom is -0.459 e. The van der Waals surface area contributed by atoms with Gasteiger partial charge in [-0.25, -0.2) is 0 Å². The van der Waals surface area contributed by atoms with Crippen molar-refractivity contribution in [2.75, 3.05) is 33.9 Å². The predicted molar refractivity (Wildman–Crippen MR) is 185 cm³/mol. The summed E-state index contributed by atoms with van der Waals surface area (Å²) in [6.07, 6.45) is -6.52. The van der Waals surface area contributed by atoms with E-state index in [2.05, 4.69) is 5.32 Å². The highest BCUT2D eigenvalue weighted by Gasteiger charge is 2.69. The second kappa shape index (κ2) is 15.3. The van der Waals surface area contributed by atoms with Crippen LogP contribution in [0.4, 0.5) is 0 Å². The molecule has 5 aliphatic rings. The molecule has 1 spiro atoms. The van der Waals surface area contributed by atoms with Crippen molar-refractivity contribution in [1.82, 2.24) is 10.2 Å². The number of carbonyl (C=O) groups excluding carboxylic acids is 1. The molecular formula is C37H66N2O12. The Hall–Kier alpha value is -1.01. The van der Waals surface area contributed by atoms with Gasteiger partial charge in [-0.15, -0.1) is 0 Å². The van der Waals surface area contributed by atoms with Crippen LogP contribution in [0, 0.1) is 17.8 Å². The van der Waals surface area contributed by atoms with Crippen LogP contribution in [-0.2, 0) is 38.0 Å². The molecule has 5 heterocycles. The van der Waals surface area contributed by atoms with Crippen molar-refractivity contribution < 1.29 is 58.4 Å². The molecule has 5 rings (SSSR count). The van der Waals surface area contributed by atoms with Crippen LogP contribution in [-0.4, -0.2) is 155 Å². The lowest BCUT2D eigenvalue weighted by molar-refractivity contribution is -0.339. The fourth-order valence-corrected chi connectivity index (χ4v) is 9.18. The Balaban J connectivity index is 1.61. The molecule has 0 aromatic carbocycles. The fraction of sp³-hybridized carbons (Fsp3) is 0.973. The molecule has 0 saturated carbocycles. The van der Waals surface area contributed by atoms with E-state index in [0.29, 0.717) is 26.0 Å². The van der Waals surface area contributed by atoms with Gasteiger partial charge in [-0.1, -0.05) is 13.8 Å². The molecule has 18 atom stereocenters. The number of aliphatic hydroxyl groups excluding tert-OH is 2. The highest BCUT2D eigenvalue weighted by atomic mass is 16.7. The van der Waals surface area contributed by atoms with Crippen molar-refractivity contribution >= 4 is 5.97 Å². The maximum Gasteiger partial charge on any atom is 0.311 e. The van der Waals surface area contributed by atoms with Crippen LogP contribution in [0.25, 0.3) is 0 Å². The number of cyclic esters (lactones) is 1. The minimum absolute atomic E-state index is 0.0108. The molecule has 0 aromatic heterocycles. The van der Waals surface area contributed by atoms with Gasteiger partial charge in [-0.05, 0) is 94.3 Å². The van der Waals surface area contributed by atoms with E-state index in [1.54, 1.807) is 27.7 Å². The van der Waals surface area contributed by atoms with E-state index in [1.165, 1.54) is 6.92 Å². The van der Waals surface area contributed by atoms with E-state index in [-0.39, 0.29) is 43.6 Å². The zero-order valence-electron chi connectivity index (χ0n) is 32.5. The standard InChI is InChI=1S/C37H66N2O12/c1-12-26-36(9,44)30(41)22(5)38-16-19(2)14-34(7,43)31(51-33-28(40)25(39(10)11)13-20(3)47-33)24-17-45-35(8)15-27(48-23(6)37(35)18-46-37)50-29(24)21(4)32(42)49-26/h19-31,33,38,40-41,43-44H,12-18H2,1-11H3/t19-,20-,21-,22-,23+,24+,25+,26-,27+,28-,29-,30-,31-,33+,34-,35-,36-,37+/m1/s1. The Labute approximate surface area is 303 Å². The third kappa shape index (κ3) is 8.04. The largest absolute Gasteiger partial charge is 0.459 e. The quantitative estimate of drug-likeness (QED) is 0.207. The zero-order valence-corrected chi connectivity index (χ0v) is 32.5. The van der Waals surface area contributed by atoms with Gasteiger partial charge in [0, 0.05) is 24.4 Å². The van der Waals surface area contributed by atoms with Gasteiger partial charge in [0.1, 0.15) is 35.1 Å². The monoisotopic (exact) mass is 730 g/mol. The van der Waals surface area contributed by atoms with Crippen LogP contribution in [0.2, 0.25) is 0 Å². The average Bonchev–Trinajstić information content (AvgIpc) is 3.86. The number of epoxide rings is 1. The molecular weight excluding hydrogens is 664 g/mol. The number of rotatable bonds is 4. The molecule has 5 aliphatic heterocycles. The Morgan fingerprint density at radius 2 is 1.65 bits per heavy atom. The van der Waals surface area contributed by atoms with E-state index < -0.39 is 89.4 Å². The van der Waals surface area contributed by atoms with Gasteiger partial charge in [0.2, 0.25) is 0 Å². The molecule has 14 heteroatoms. The van der Waals surface area contributed by atoms with Crippen LogP contribution in [0.1, 0.15) is 88.0 Å². The molecule has 5 N–H and O–H groups in total. The van der Waals surface area contributed by atoms with E-state index in [1.807, 2.05) is 46.7 Å². The highest BCUT2D eigenvalue weighted by molar-refractivity contribution is 5.73. The van der Waals surface area contributed by atoms with Crippen molar-refractivity contribution in [3.63, 3.8) is 0 Å². The molecule has 0 radical (unpaired) electrons. The number of esters is 1. The molecule has 296 valence electrons. The van der Waals surface area contributed by atoms with Gasteiger partial charge in [0.15, 0.2) is 12.6 Å². The molecule has 0 aromatic rings. The normalized spacial score (nSPS) is 53.3. The Kier molecular flexibility index (Phi) is 12.3. The summed E-state index contributed by atoms with van der Waals surface area (Å²) in [5.41, 5.74) is -4.83. The summed E-state index contributed by atoms with van der Waals surface area (Å²) in [5.74, 6) is -2.59. The Bertz CT molecular complexity index is 1200. The van der Waals surface area contributed by atoms with Crippen molar-refractivity contribution in [2.24, 2.45) is 17.8 Å². The second-order valence-electron chi connectivity index (χ2n) is 17.2. The van der Waals surface area contributed by atoms with Crippen LogP contribution < -0.4 is 5.32 Å². The van der Waals surface area contributed by atoms with Gasteiger partial charge in [0.05, 0.1) is 49.1 Å². The van der Waals surface area contributed by atoms with E-state index in [4.69, 9.17) is 33.2 Å². The van der Waals surface area contributed by atoms with Gasteiger partial charge < -0.3 is 63.8 Å². The summed E-state index contributed by atoms with van der Waals surface area (Å²) in [5, 5.41) is 50.5. The number of hydrogen-bond donors (Lipinski definition) is 5. The summed E-state index contributed by atoms with van der Waals surface area (Å²) in [7, 11) is 3.79. The third-order valence-electron chi connectivity index (χ3n) is 12.6. The van der Waals surface area contributed by atoms with Crippen molar-refractivity contribution in [3.05, 3.63) is 0 Å². The number of nitrogens with one attached hydrogen (secondary N) is 1. The van der Waals surface area contributed by atoms with Crippen LogP contribution in [0.5, 0.6) is 0 Å². The van der Waals surface area contributed by atoms with Crippen molar-refractivity contribution in [3.8, 4) is 0 Å². The van der Waals surface area contributed by atoms with Crippen LogP contribution in [0.15, 0.2) is 0 Å². The van der Waals surface area contributed by atoms with Gasteiger partial charge in [-0.2, -0.15) is 0 Å². The number of hydrogen-bond acceptors (Lipinski definition) is 14. The zero-order chi connectivity index (χ0) is 37.8. The third-order valence-corrected chi connectivity index (χ3v) is 12.6. The van der Waals surface area contributed by atoms with E-state index >= 15 is 0 Å². The molecule has 51 heavy (non-hydrogen) atoms. The first-order valence-corrected chi connectivity index (χ1v) is 19.0. The molecule has 0 aliphatic carbocycles. The van der Waals surface area contributed by atoms with E-state index in [9.17, 15) is 25.2 Å². The first kappa shape index (κ1) is 41.2. The summed E-state index contributed by atoms with van der Waals surface area (Å²) in [6.45, 7) is 17.1. The van der Waals surface area contributed by atoms with E-state index in [0.717, 1.165) is 0 Å². The van der Waals surface area contributed by atoms with Crippen LogP contribution >= 0.6 is 0 Å². The Morgan fingerprint density at radius 3 is 2.25 bits per heavy atom. The van der Waals surface area contributed by atoms with Gasteiger partial charge in [0.25, 0.3) is 0 Å². The summed E-state index contributed by atoms with van der Waals surface area (Å²) < 4.78 is 45.2. The number of ether oxygens (including phenoxy) is 7. The summed E-state index contributed by atoms with van der Waals surface area (Å²) in [4.78, 5) is 16.1. The molecule has 0 amide bonds. The first-order valence-electron chi connectivity index (χ1n) is 19.0. The molecule has 5 fully saturated rings. The summed E-state index contributed by atoms with van der Waals surface area (Å²) in [6, 6.07) is -0.845. The molecule has 2 bridgehead atoms. The van der Waals surface area contributed by atoms with Gasteiger partial charge >= 0.3 is 5.97 Å². The predicted octanol–water partition coefficient (Wildman–Crippen LogP) is 1.33. The first-order chi connectivity index (χ1) is 23.7. The molecule has 0 unspecified atom stereocenters. The van der Waals surface area contributed by atoms with Crippen molar-refractivity contribution in [1.29, 1.82) is 0 Å². The lowest BCUT2D eigenvalue weighted by atomic mass is 9.75. The van der Waals surface area contributed by atoms with Crippen molar-refractivity contribution in [2.45, 2.75) is 178 Å². The smallest absolute Gasteiger partial charge is 0.311 e. The Morgan fingerprint density at radius 1 is 0.980 bits per heavy atom. The molecule has 14 nitrogen and oxygen atoms in total.